The summed E-state index contributed by atoms with van der Waals surface area (Å²) in [6, 6.07) is 25.7. The number of benzene rings is 3. The molecule has 0 aliphatic heterocycles. The summed E-state index contributed by atoms with van der Waals surface area (Å²) in [5.74, 6) is -1.61. The minimum Gasteiger partial charge on any atom is -0.459 e. The van der Waals surface area contributed by atoms with E-state index in [1.807, 2.05) is 54.6 Å². The van der Waals surface area contributed by atoms with Gasteiger partial charge in [-0.3, -0.25) is 0 Å². The van der Waals surface area contributed by atoms with E-state index in [1.54, 1.807) is 36.4 Å². The molecule has 9 heteroatoms. The fraction of sp³-hybridized carbons (Fsp3) is 0.276. The molecule has 0 aliphatic rings. The third-order valence-corrected chi connectivity index (χ3v) is 5.57. The van der Waals surface area contributed by atoms with E-state index in [4.69, 9.17) is 23.7 Å². The first-order valence-corrected chi connectivity index (χ1v) is 12.0. The van der Waals surface area contributed by atoms with Crippen molar-refractivity contribution >= 4 is 18.0 Å². The van der Waals surface area contributed by atoms with Gasteiger partial charge < -0.3 is 29.0 Å². The minimum atomic E-state index is -1.44. The van der Waals surface area contributed by atoms with Crippen molar-refractivity contribution < 1.29 is 38.1 Å². The molecule has 0 unspecified atom stereocenters. The number of nitrogens with one attached hydrogen (secondary N) is 1. The Bertz CT molecular complexity index is 1140. The molecule has 200 valence electrons. The van der Waals surface area contributed by atoms with Gasteiger partial charge in [-0.15, -0.1) is 0 Å². The van der Waals surface area contributed by atoms with Crippen LogP contribution in [0.2, 0.25) is 0 Å². The number of methoxy groups -OCH3 is 2. The average molecular weight is 522 g/mol. The highest BCUT2D eigenvalue weighted by Gasteiger charge is 2.42. The molecule has 9 nitrogen and oxygen atoms in total. The first kappa shape index (κ1) is 28.4. The molecule has 38 heavy (non-hydrogen) atoms. The predicted molar refractivity (Wildman–Crippen MR) is 138 cm³/mol. The summed E-state index contributed by atoms with van der Waals surface area (Å²) in [7, 11) is 2.57. The molecule has 0 spiro atoms. The van der Waals surface area contributed by atoms with E-state index >= 15 is 0 Å². The van der Waals surface area contributed by atoms with E-state index in [-0.39, 0.29) is 19.8 Å². The Morgan fingerprint density at radius 2 is 1.03 bits per heavy atom. The molecular formula is C29H31NO8. The van der Waals surface area contributed by atoms with Crippen LogP contribution in [0.4, 0.5) is 4.79 Å². The second kappa shape index (κ2) is 15.1. The Labute approximate surface area is 221 Å². The summed E-state index contributed by atoms with van der Waals surface area (Å²) in [4.78, 5) is 38.8. The van der Waals surface area contributed by atoms with E-state index in [2.05, 4.69) is 5.32 Å². The van der Waals surface area contributed by atoms with Crippen molar-refractivity contribution in [2.45, 2.75) is 38.1 Å². The van der Waals surface area contributed by atoms with Gasteiger partial charge in [0.1, 0.15) is 25.9 Å². The maximum atomic E-state index is 13.2. The van der Waals surface area contributed by atoms with Gasteiger partial charge in [-0.05, 0) is 16.7 Å². The summed E-state index contributed by atoms with van der Waals surface area (Å²) in [5, 5.41) is 2.47. The van der Waals surface area contributed by atoms with E-state index in [9.17, 15) is 14.4 Å². The van der Waals surface area contributed by atoms with Crippen molar-refractivity contribution in [3.63, 3.8) is 0 Å². The first-order chi connectivity index (χ1) is 18.5. The van der Waals surface area contributed by atoms with Crippen LogP contribution in [0.15, 0.2) is 91.0 Å². The number of rotatable bonds is 13. The van der Waals surface area contributed by atoms with Crippen LogP contribution in [0.5, 0.6) is 0 Å². The number of carbonyl (C=O) groups excluding carboxylic acids is 3. The highest BCUT2D eigenvalue weighted by atomic mass is 16.6. The smallest absolute Gasteiger partial charge is 0.408 e. The van der Waals surface area contributed by atoms with Gasteiger partial charge in [-0.25, -0.2) is 14.4 Å². The molecule has 0 saturated heterocycles. The van der Waals surface area contributed by atoms with Gasteiger partial charge in [0, 0.05) is 14.2 Å². The van der Waals surface area contributed by atoms with E-state index in [1.165, 1.54) is 14.2 Å². The molecule has 0 bridgehead atoms. The molecule has 0 aromatic heterocycles. The molecule has 0 fully saturated rings. The van der Waals surface area contributed by atoms with Gasteiger partial charge in [0.05, 0.1) is 0 Å². The monoisotopic (exact) mass is 521 g/mol. The lowest BCUT2D eigenvalue weighted by Gasteiger charge is -2.29. The second-order valence-electron chi connectivity index (χ2n) is 8.23. The number of ether oxygens (including phenoxy) is 5. The van der Waals surface area contributed by atoms with Gasteiger partial charge in [0.25, 0.3) is 0 Å². The zero-order valence-electron chi connectivity index (χ0n) is 21.3. The van der Waals surface area contributed by atoms with Crippen molar-refractivity contribution in [2.75, 3.05) is 14.2 Å². The van der Waals surface area contributed by atoms with Gasteiger partial charge in [0.15, 0.2) is 12.1 Å². The number of amides is 1. The zero-order chi connectivity index (χ0) is 27.2. The number of hydrogen-bond acceptors (Lipinski definition) is 8. The second-order valence-corrected chi connectivity index (χ2v) is 8.23. The Balaban J connectivity index is 1.73. The predicted octanol–water partition coefficient (Wildman–Crippen LogP) is 3.80. The van der Waals surface area contributed by atoms with Gasteiger partial charge in [0.2, 0.25) is 0 Å². The quantitative estimate of drug-likeness (QED) is 0.267. The number of alkyl carbamates (subject to hydrolysis) is 1. The molecule has 0 radical (unpaired) electrons. The van der Waals surface area contributed by atoms with Gasteiger partial charge >= 0.3 is 18.0 Å². The largest absolute Gasteiger partial charge is 0.459 e. The molecule has 3 aromatic rings. The van der Waals surface area contributed by atoms with Crippen molar-refractivity contribution in [3.05, 3.63) is 108 Å². The van der Waals surface area contributed by atoms with Crippen molar-refractivity contribution in [3.8, 4) is 0 Å². The van der Waals surface area contributed by atoms with Crippen molar-refractivity contribution in [1.29, 1.82) is 0 Å². The lowest BCUT2D eigenvalue weighted by molar-refractivity contribution is -0.171. The molecule has 0 saturated carbocycles. The molecule has 1 amide bonds. The molecule has 3 aromatic carbocycles. The fourth-order valence-electron chi connectivity index (χ4n) is 3.60. The lowest BCUT2D eigenvalue weighted by atomic mass is 10.0. The maximum absolute atomic E-state index is 13.2. The third kappa shape index (κ3) is 8.72. The number of carbonyl (C=O) groups is 3. The standard InChI is InChI=1S/C29H31NO8/c1-34-25(26(35-2)28(32)37-19-22-14-8-4-9-15-22)24(27(31)36-18-21-12-6-3-7-13-21)30-29(33)38-20-23-16-10-5-11-17-23/h3-17,24-26H,18-20H2,1-2H3,(H,30,33)/t24-,25-,26-/m0/s1. The molecule has 3 rings (SSSR count). The van der Waals surface area contributed by atoms with Crippen LogP contribution in [0, 0.1) is 0 Å². The van der Waals surface area contributed by atoms with Crippen LogP contribution in [-0.2, 0) is 53.1 Å². The number of hydrogen-bond donors (Lipinski definition) is 1. The van der Waals surface area contributed by atoms with Gasteiger partial charge in [-0.2, -0.15) is 0 Å². The van der Waals surface area contributed by atoms with E-state index in [0.29, 0.717) is 0 Å². The molecular weight excluding hydrogens is 490 g/mol. The van der Waals surface area contributed by atoms with Crippen LogP contribution in [0.3, 0.4) is 0 Å². The minimum absolute atomic E-state index is 0.00830. The maximum Gasteiger partial charge on any atom is 0.408 e. The summed E-state index contributed by atoms with van der Waals surface area (Å²) >= 11 is 0. The van der Waals surface area contributed by atoms with E-state index < -0.39 is 36.3 Å². The Morgan fingerprint density at radius 3 is 1.45 bits per heavy atom. The van der Waals surface area contributed by atoms with Crippen LogP contribution < -0.4 is 5.32 Å². The van der Waals surface area contributed by atoms with Gasteiger partial charge in [-0.1, -0.05) is 91.0 Å². The Hall–Kier alpha value is -4.21. The summed E-state index contributed by atoms with van der Waals surface area (Å²) in [5.41, 5.74) is 2.27. The van der Waals surface area contributed by atoms with Crippen molar-refractivity contribution in [2.24, 2.45) is 0 Å². The average Bonchev–Trinajstić information content (AvgIpc) is 2.97. The Morgan fingerprint density at radius 1 is 0.605 bits per heavy atom. The van der Waals surface area contributed by atoms with Crippen LogP contribution in [-0.4, -0.2) is 50.5 Å². The highest BCUT2D eigenvalue weighted by Crippen LogP contribution is 2.15. The van der Waals surface area contributed by atoms with Crippen molar-refractivity contribution in [1.82, 2.24) is 5.32 Å². The van der Waals surface area contributed by atoms with Crippen LogP contribution >= 0.6 is 0 Å². The normalized spacial score (nSPS) is 13.0. The first-order valence-electron chi connectivity index (χ1n) is 12.0. The van der Waals surface area contributed by atoms with Crippen LogP contribution in [0.25, 0.3) is 0 Å². The molecule has 3 atom stereocenters. The number of esters is 2. The Kier molecular flexibility index (Phi) is 11.3. The molecule has 1 N–H and O–H groups in total. The highest BCUT2D eigenvalue weighted by molar-refractivity contribution is 5.84. The molecule has 0 heterocycles. The third-order valence-electron chi connectivity index (χ3n) is 5.57. The lowest BCUT2D eigenvalue weighted by Crippen LogP contribution is -2.57. The zero-order valence-corrected chi connectivity index (χ0v) is 21.3. The summed E-state index contributed by atoms with van der Waals surface area (Å²) < 4.78 is 26.9. The van der Waals surface area contributed by atoms with Crippen LogP contribution in [0.1, 0.15) is 16.7 Å². The SMILES string of the molecule is CO[C@@H]([C@H](NC(=O)OCc1ccccc1)C(=O)OCc1ccccc1)[C@H](OC)C(=O)OCc1ccccc1. The fourth-order valence-corrected chi connectivity index (χ4v) is 3.60. The van der Waals surface area contributed by atoms with E-state index in [0.717, 1.165) is 16.7 Å². The molecule has 0 aliphatic carbocycles. The summed E-state index contributed by atoms with van der Waals surface area (Å²) in [6.07, 6.45) is -3.53. The summed E-state index contributed by atoms with van der Waals surface area (Å²) in [6.45, 7) is -0.0853. The topological polar surface area (TPSA) is 109 Å².